The predicted molar refractivity (Wildman–Crippen MR) is 60.3 cm³/mol. The number of guanidine groups is 2. The van der Waals surface area contributed by atoms with E-state index in [0.717, 1.165) is 19.3 Å². The van der Waals surface area contributed by atoms with Gasteiger partial charge in [0, 0.05) is 13.1 Å². The van der Waals surface area contributed by atoms with Crippen LogP contribution >= 0.6 is 0 Å². The van der Waals surface area contributed by atoms with E-state index >= 15 is 0 Å². The number of hydrogen-bond acceptors (Lipinski definition) is 2. The largest absolute Gasteiger partial charge is 0.370 e. The van der Waals surface area contributed by atoms with E-state index in [1.54, 1.807) is 0 Å². The van der Waals surface area contributed by atoms with E-state index in [9.17, 15) is 0 Å². The number of nitrogens with one attached hydrogen (secondary N) is 1. The van der Waals surface area contributed by atoms with E-state index < -0.39 is 0 Å². The van der Waals surface area contributed by atoms with Crippen LogP contribution in [0.3, 0.4) is 0 Å². The topological polar surface area (TPSA) is 91.5 Å². The Kier molecular flexibility index (Phi) is 6.53. The van der Waals surface area contributed by atoms with Crippen molar-refractivity contribution in [2.75, 3.05) is 13.1 Å². The number of unbranched alkanes of at least 4 members (excludes halogenated alkanes) is 1. The molecule has 0 bridgehead atoms. The Hall–Kier alpha value is -1.26. The molecule has 5 nitrogen and oxygen atoms in total. The van der Waals surface area contributed by atoms with Crippen LogP contribution in [0.15, 0.2) is 4.99 Å². The van der Waals surface area contributed by atoms with Crippen molar-refractivity contribution in [1.29, 1.82) is 5.41 Å². The highest BCUT2D eigenvalue weighted by molar-refractivity contribution is 5.95. The molecule has 0 spiro atoms. The fraction of sp³-hybridized carbons (Fsp3) is 0.778. The molecule has 0 saturated carbocycles. The van der Waals surface area contributed by atoms with Gasteiger partial charge in [0.1, 0.15) is 0 Å². The minimum Gasteiger partial charge on any atom is -0.370 e. The lowest BCUT2D eigenvalue weighted by Crippen LogP contribution is -2.46. The van der Waals surface area contributed by atoms with Crippen molar-refractivity contribution >= 4 is 11.9 Å². The van der Waals surface area contributed by atoms with Gasteiger partial charge in [-0.05, 0) is 12.8 Å². The van der Waals surface area contributed by atoms with E-state index in [0.29, 0.717) is 19.0 Å². The minimum absolute atomic E-state index is 0.0374. The molecule has 0 aromatic rings. The van der Waals surface area contributed by atoms with E-state index in [2.05, 4.69) is 11.9 Å². The van der Waals surface area contributed by atoms with Crippen molar-refractivity contribution in [2.24, 2.45) is 16.5 Å². The number of aliphatic imine (C=N–C) groups is 1. The first-order valence-electron chi connectivity index (χ1n) is 5.04. The van der Waals surface area contributed by atoms with Gasteiger partial charge in [0.15, 0.2) is 11.9 Å². The van der Waals surface area contributed by atoms with Crippen LogP contribution < -0.4 is 11.5 Å². The van der Waals surface area contributed by atoms with Crippen molar-refractivity contribution < 1.29 is 0 Å². The third-order valence-corrected chi connectivity index (χ3v) is 1.80. The van der Waals surface area contributed by atoms with Gasteiger partial charge in [-0.15, -0.1) is 0 Å². The zero-order valence-electron chi connectivity index (χ0n) is 9.08. The molecule has 0 unspecified atom stereocenters. The second kappa shape index (κ2) is 7.17. The van der Waals surface area contributed by atoms with Gasteiger partial charge < -0.3 is 11.5 Å². The number of rotatable bonds is 5. The Labute approximate surface area is 85.7 Å². The summed E-state index contributed by atoms with van der Waals surface area (Å²) in [5.41, 5.74) is 11.1. The van der Waals surface area contributed by atoms with Crippen LogP contribution in [0.25, 0.3) is 0 Å². The number of nitrogens with two attached hydrogens (primary N) is 2. The van der Waals surface area contributed by atoms with Gasteiger partial charge in [-0.2, -0.15) is 0 Å². The molecule has 0 radical (unpaired) electrons. The molecular weight excluding hydrogens is 178 g/mol. The van der Waals surface area contributed by atoms with Crippen molar-refractivity contribution in [2.45, 2.75) is 33.1 Å². The lowest BCUT2D eigenvalue weighted by atomic mass is 10.3. The van der Waals surface area contributed by atoms with Gasteiger partial charge in [-0.25, -0.2) is 0 Å². The zero-order valence-corrected chi connectivity index (χ0v) is 9.08. The molecule has 0 atom stereocenters. The molecule has 0 aliphatic rings. The van der Waals surface area contributed by atoms with Crippen molar-refractivity contribution in [3.05, 3.63) is 0 Å². The van der Waals surface area contributed by atoms with Crippen LogP contribution in [0.4, 0.5) is 0 Å². The van der Waals surface area contributed by atoms with Crippen molar-refractivity contribution in [3.63, 3.8) is 0 Å². The summed E-state index contributed by atoms with van der Waals surface area (Å²) in [5, 5.41) is 7.31. The van der Waals surface area contributed by atoms with Gasteiger partial charge in [0.05, 0.1) is 0 Å². The molecule has 5 heteroatoms. The molecule has 0 saturated heterocycles. The molecular formula is C9H21N5. The molecule has 0 rings (SSSR count). The highest BCUT2D eigenvalue weighted by Crippen LogP contribution is 1.92. The first kappa shape index (κ1) is 12.7. The van der Waals surface area contributed by atoms with Crippen molar-refractivity contribution in [1.82, 2.24) is 4.90 Å². The second-order valence-electron chi connectivity index (χ2n) is 3.13. The normalized spacial score (nSPS) is 11.4. The quantitative estimate of drug-likeness (QED) is 0.346. The third-order valence-electron chi connectivity index (χ3n) is 1.80. The fourth-order valence-electron chi connectivity index (χ4n) is 1.02. The summed E-state index contributed by atoms with van der Waals surface area (Å²) in [6, 6.07) is 0. The Bertz CT molecular complexity index is 199. The van der Waals surface area contributed by atoms with E-state index in [1.165, 1.54) is 4.90 Å². The van der Waals surface area contributed by atoms with Crippen LogP contribution in [0.5, 0.6) is 0 Å². The SMILES string of the molecule is CCCCN=C(N)N(CCC)C(=N)N. The summed E-state index contributed by atoms with van der Waals surface area (Å²) >= 11 is 0. The fourth-order valence-corrected chi connectivity index (χ4v) is 1.02. The summed E-state index contributed by atoms with van der Waals surface area (Å²) in [6.07, 6.45) is 2.99. The average molecular weight is 199 g/mol. The highest BCUT2D eigenvalue weighted by atomic mass is 15.3. The molecule has 14 heavy (non-hydrogen) atoms. The summed E-state index contributed by atoms with van der Waals surface area (Å²) < 4.78 is 0. The summed E-state index contributed by atoms with van der Waals surface area (Å²) in [6.45, 7) is 5.46. The van der Waals surface area contributed by atoms with E-state index in [1.807, 2.05) is 6.92 Å². The van der Waals surface area contributed by atoms with Crippen LogP contribution in [0.2, 0.25) is 0 Å². The van der Waals surface area contributed by atoms with Crippen LogP contribution in [-0.2, 0) is 0 Å². The maximum absolute atomic E-state index is 7.31. The van der Waals surface area contributed by atoms with Crippen molar-refractivity contribution in [3.8, 4) is 0 Å². The molecule has 0 aromatic heterocycles. The maximum atomic E-state index is 7.31. The monoisotopic (exact) mass is 199 g/mol. The lowest BCUT2D eigenvalue weighted by Gasteiger charge is -2.20. The third kappa shape index (κ3) is 4.69. The molecule has 5 N–H and O–H groups in total. The van der Waals surface area contributed by atoms with Gasteiger partial charge in [-0.1, -0.05) is 20.3 Å². The Balaban J connectivity index is 4.19. The first-order chi connectivity index (χ1) is 6.63. The molecule has 0 aliphatic heterocycles. The average Bonchev–Trinajstić information content (AvgIpc) is 2.13. The van der Waals surface area contributed by atoms with E-state index in [-0.39, 0.29) is 5.96 Å². The predicted octanol–water partition coefficient (Wildman–Crippen LogP) is 0.707. The second-order valence-corrected chi connectivity index (χ2v) is 3.13. The summed E-state index contributed by atoms with van der Waals surface area (Å²) in [5.74, 6) is 0.317. The molecule has 0 fully saturated rings. The summed E-state index contributed by atoms with van der Waals surface area (Å²) in [7, 11) is 0. The molecule has 82 valence electrons. The van der Waals surface area contributed by atoms with Gasteiger partial charge in [0.25, 0.3) is 0 Å². The molecule has 0 aliphatic carbocycles. The van der Waals surface area contributed by atoms with Crippen LogP contribution in [-0.4, -0.2) is 29.9 Å². The summed E-state index contributed by atoms with van der Waals surface area (Å²) in [4.78, 5) is 5.68. The van der Waals surface area contributed by atoms with Crippen LogP contribution in [0, 0.1) is 5.41 Å². The number of nitrogens with zero attached hydrogens (tertiary/aromatic N) is 2. The van der Waals surface area contributed by atoms with Gasteiger partial charge >= 0.3 is 0 Å². The molecule has 0 aromatic carbocycles. The first-order valence-corrected chi connectivity index (χ1v) is 5.04. The Morgan fingerprint density at radius 2 is 1.93 bits per heavy atom. The lowest BCUT2D eigenvalue weighted by molar-refractivity contribution is 0.574. The minimum atomic E-state index is -0.0374. The van der Waals surface area contributed by atoms with Gasteiger partial charge in [-0.3, -0.25) is 15.3 Å². The standard InChI is InChI=1S/C9H21N5/c1-3-5-6-13-9(12)14(7-4-2)8(10)11/h3-7H2,1-2H3,(H3,10,11)(H2,12,13). The maximum Gasteiger partial charge on any atom is 0.198 e. The number of hydrogen-bond donors (Lipinski definition) is 3. The smallest absolute Gasteiger partial charge is 0.198 e. The highest BCUT2D eigenvalue weighted by Gasteiger charge is 2.08. The van der Waals surface area contributed by atoms with E-state index in [4.69, 9.17) is 16.9 Å². The Morgan fingerprint density at radius 1 is 1.29 bits per heavy atom. The zero-order chi connectivity index (χ0) is 11.0. The van der Waals surface area contributed by atoms with Crippen LogP contribution in [0.1, 0.15) is 33.1 Å². The molecule has 0 heterocycles. The van der Waals surface area contributed by atoms with Gasteiger partial charge in [0.2, 0.25) is 0 Å². The Morgan fingerprint density at radius 3 is 2.36 bits per heavy atom. The molecule has 0 amide bonds.